The molecule has 2 rings (SSSR count). The summed E-state index contributed by atoms with van der Waals surface area (Å²) in [6.07, 6.45) is 1.40. The Morgan fingerprint density at radius 3 is 2.94 bits per heavy atom. The van der Waals surface area contributed by atoms with E-state index in [4.69, 9.17) is 5.73 Å². The Bertz CT molecular complexity index is 542. The predicted molar refractivity (Wildman–Crippen MR) is 65.7 cm³/mol. The molecule has 2 heterocycles. The lowest BCUT2D eigenvalue weighted by Gasteiger charge is -2.01. The third kappa shape index (κ3) is 2.84. The van der Waals surface area contributed by atoms with E-state index >= 15 is 0 Å². The average Bonchev–Trinajstić information content (AvgIpc) is 2.88. The van der Waals surface area contributed by atoms with E-state index in [1.807, 2.05) is 13.8 Å². The smallest absolute Gasteiger partial charge is 0.247 e. The maximum absolute atomic E-state index is 11.7. The number of nitrogen functional groups attached to an aromatic ring is 1. The number of hydrogen-bond acceptors (Lipinski definition) is 5. The molecule has 0 saturated carbocycles. The Labute approximate surface area is 104 Å². The van der Waals surface area contributed by atoms with Crippen molar-refractivity contribution in [2.75, 3.05) is 11.1 Å². The Balaban J connectivity index is 1.94. The number of carbonyl (C=O) groups excluding carboxylic acids is 1. The molecule has 0 aliphatic heterocycles. The number of carbonyl (C=O) groups is 1. The third-order valence-corrected chi connectivity index (χ3v) is 2.35. The molecule has 2 aromatic rings. The second-order valence-electron chi connectivity index (χ2n) is 4.21. The molecule has 1 amide bonds. The van der Waals surface area contributed by atoms with E-state index in [0.717, 1.165) is 5.69 Å². The number of nitrogens with zero attached hydrogens (tertiary/aromatic N) is 4. The minimum atomic E-state index is -0.235. The molecule has 0 radical (unpaired) electrons. The molecular formula is C10H15N7O. The van der Waals surface area contributed by atoms with Crippen LogP contribution in [-0.4, -0.2) is 30.9 Å². The lowest BCUT2D eigenvalue weighted by Crippen LogP contribution is -2.19. The summed E-state index contributed by atoms with van der Waals surface area (Å²) in [6, 6.07) is 1.80. The lowest BCUT2D eigenvalue weighted by atomic mass is 10.1. The zero-order valence-electron chi connectivity index (χ0n) is 10.2. The van der Waals surface area contributed by atoms with E-state index < -0.39 is 0 Å². The number of aromatic amines is 1. The molecule has 2 aromatic heterocycles. The van der Waals surface area contributed by atoms with Gasteiger partial charge in [0.15, 0.2) is 5.82 Å². The average molecular weight is 249 g/mol. The summed E-state index contributed by atoms with van der Waals surface area (Å²) in [7, 11) is 0. The number of rotatable bonds is 4. The number of amides is 1. The summed E-state index contributed by atoms with van der Waals surface area (Å²) in [6.45, 7) is 4.13. The minimum absolute atomic E-state index is 0.0497. The van der Waals surface area contributed by atoms with E-state index in [2.05, 4.69) is 25.6 Å². The van der Waals surface area contributed by atoms with Gasteiger partial charge in [0.05, 0.1) is 0 Å². The van der Waals surface area contributed by atoms with Crippen molar-refractivity contribution in [2.24, 2.45) is 0 Å². The first-order valence-electron chi connectivity index (χ1n) is 5.54. The maximum atomic E-state index is 11.7. The van der Waals surface area contributed by atoms with Gasteiger partial charge in [-0.05, 0) is 5.92 Å². The van der Waals surface area contributed by atoms with Gasteiger partial charge in [0.2, 0.25) is 11.9 Å². The van der Waals surface area contributed by atoms with Gasteiger partial charge in [0.25, 0.3) is 0 Å². The molecule has 0 unspecified atom stereocenters. The summed E-state index contributed by atoms with van der Waals surface area (Å²) in [5.74, 6) is 0.737. The van der Waals surface area contributed by atoms with Crippen LogP contribution in [0.4, 0.5) is 11.8 Å². The molecule has 0 aliphatic rings. The summed E-state index contributed by atoms with van der Waals surface area (Å²) in [5, 5.41) is 13.3. The summed E-state index contributed by atoms with van der Waals surface area (Å²) in [5.41, 5.74) is 6.32. The molecule has 4 N–H and O–H groups in total. The Kier molecular flexibility index (Phi) is 3.26. The first-order chi connectivity index (χ1) is 8.54. The van der Waals surface area contributed by atoms with Crippen molar-refractivity contribution in [3.8, 4) is 0 Å². The minimum Gasteiger partial charge on any atom is -0.367 e. The Hall–Kier alpha value is -2.38. The largest absolute Gasteiger partial charge is 0.367 e. The first kappa shape index (κ1) is 12.1. The molecule has 0 aromatic carbocycles. The molecule has 8 heteroatoms. The van der Waals surface area contributed by atoms with Crippen LogP contribution in [0.5, 0.6) is 0 Å². The Morgan fingerprint density at radius 1 is 1.61 bits per heavy atom. The highest BCUT2D eigenvalue weighted by Crippen LogP contribution is 2.14. The molecule has 18 heavy (non-hydrogen) atoms. The molecule has 0 aliphatic carbocycles. The van der Waals surface area contributed by atoms with E-state index in [9.17, 15) is 4.79 Å². The molecule has 0 atom stereocenters. The van der Waals surface area contributed by atoms with Gasteiger partial charge in [0, 0.05) is 11.8 Å². The van der Waals surface area contributed by atoms with Crippen LogP contribution in [0.25, 0.3) is 0 Å². The molecule has 0 spiro atoms. The second kappa shape index (κ2) is 4.86. The second-order valence-corrected chi connectivity index (χ2v) is 4.21. The topological polar surface area (TPSA) is 115 Å². The van der Waals surface area contributed by atoms with Crippen LogP contribution >= 0.6 is 0 Å². The first-order valence-corrected chi connectivity index (χ1v) is 5.54. The number of H-pyrrole nitrogens is 1. The number of nitrogens with one attached hydrogen (secondary N) is 2. The predicted octanol–water partition coefficient (Wildman–Crippen LogP) is 0.345. The normalized spacial score (nSPS) is 10.8. The standard InChI is InChI=1S/C10H15N7O/c1-6(2)7-3-8(15-14-7)13-9(18)4-17-5-12-10(11)16-17/h3,5-6H,4H2,1-2H3,(H2,11,16)(H2,13,14,15,18). The van der Waals surface area contributed by atoms with E-state index in [-0.39, 0.29) is 18.4 Å². The van der Waals surface area contributed by atoms with Crippen molar-refractivity contribution in [1.29, 1.82) is 0 Å². The van der Waals surface area contributed by atoms with Crippen molar-refractivity contribution < 1.29 is 4.79 Å². The van der Waals surface area contributed by atoms with Crippen molar-refractivity contribution in [1.82, 2.24) is 25.0 Å². The highest BCUT2D eigenvalue weighted by atomic mass is 16.2. The van der Waals surface area contributed by atoms with Crippen molar-refractivity contribution in [3.05, 3.63) is 18.1 Å². The van der Waals surface area contributed by atoms with Crippen LogP contribution in [0.1, 0.15) is 25.5 Å². The molecule has 0 fully saturated rings. The highest BCUT2D eigenvalue weighted by molar-refractivity contribution is 5.89. The lowest BCUT2D eigenvalue weighted by molar-refractivity contribution is -0.116. The van der Waals surface area contributed by atoms with Crippen LogP contribution < -0.4 is 11.1 Å². The molecular weight excluding hydrogens is 234 g/mol. The van der Waals surface area contributed by atoms with E-state index in [1.165, 1.54) is 11.0 Å². The van der Waals surface area contributed by atoms with Gasteiger partial charge in [-0.25, -0.2) is 9.67 Å². The number of nitrogens with two attached hydrogens (primary N) is 1. The fourth-order valence-electron chi connectivity index (χ4n) is 1.41. The van der Waals surface area contributed by atoms with Crippen molar-refractivity contribution >= 4 is 17.7 Å². The fourth-order valence-corrected chi connectivity index (χ4v) is 1.41. The van der Waals surface area contributed by atoms with Gasteiger partial charge in [0.1, 0.15) is 12.9 Å². The van der Waals surface area contributed by atoms with Crippen LogP contribution in [0.15, 0.2) is 12.4 Å². The molecule has 0 saturated heterocycles. The van der Waals surface area contributed by atoms with Crippen LogP contribution in [0, 0.1) is 0 Å². The van der Waals surface area contributed by atoms with Gasteiger partial charge >= 0.3 is 0 Å². The van der Waals surface area contributed by atoms with E-state index in [0.29, 0.717) is 11.7 Å². The quantitative estimate of drug-likeness (QED) is 0.723. The van der Waals surface area contributed by atoms with Crippen molar-refractivity contribution in [3.63, 3.8) is 0 Å². The van der Waals surface area contributed by atoms with Gasteiger partial charge in [-0.3, -0.25) is 9.89 Å². The van der Waals surface area contributed by atoms with Gasteiger partial charge in [-0.1, -0.05) is 13.8 Å². The maximum Gasteiger partial charge on any atom is 0.247 e. The van der Waals surface area contributed by atoms with Crippen LogP contribution in [-0.2, 0) is 11.3 Å². The monoisotopic (exact) mass is 249 g/mol. The zero-order chi connectivity index (χ0) is 13.1. The number of anilines is 2. The summed E-state index contributed by atoms with van der Waals surface area (Å²) < 4.78 is 1.36. The fraction of sp³-hybridized carbons (Fsp3) is 0.400. The Morgan fingerprint density at radius 2 is 2.39 bits per heavy atom. The van der Waals surface area contributed by atoms with Gasteiger partial charge in [-0.2, -0.15) is 5.10 Å². The SMILES string of the molecule is CC(C)c1cc(NC(=O)Cn2cnc(N)n2)n[nH]1. The molecule has 0 bridgehead atoms. The van der Waals surface area contributed by atoms with Crippen molar-refractivity contribution in [2.45, 2.75) is 26.3 Å². The van der Waals surface area contributed by atoms with Crippen LogP contribution in [0.2, 0.25) is 0 Å². The van der Waals surface area contributed by atoms with Gasteiger partial charge in [-0.15, -0.1) is 5.10 Å². The summed E-state index contributed by atoms with van der Waals surface area (Å²) in [4.78, 5) is 15.4. The van der Waals surface area contributed by atoms with Gasteiger partial charge < -0.3 is 11.1 Å². The number of aromatic nitrogens is 5. The molecule has 8 nitrogen and oxygen atoms in total. The van der Waals surface area contributed by atoms with E-state index in [1.54, 1.807) is 6.07 Å². The number of hydrogen-bond donors (Lipinski definition) is 3. The third-order valence-electron chi connectivity index (χ3n) is 2.35. The highest BCUT2D eigenvalue weighted by Gasteiger charge is 2.09. The van der Waals surface area contributed by atoms with Crippen LogP contribution in [0.3, 0.4) is 0 Å². The summed E-state index contributed by atoms with van der Waals surface area (Å²) >= 11 is 0. The zero-order valence-corrected chi connectivity index (χ0v) is 10.2. The molecule has 96 valence electrons.